The molecule has 3 heteroatoms. The van der Waals surface area contributed by atoms with Gasteiger partial charge in [0.25, 0.3) is 0 Å². The van der Waals surface area contributed by atoms with Crippen LogP contribution in [0.15, 0.2) is 18.2 Å². The molecule has 0 amide bonds. The molecule has 1 aromatic carbocycles. The van der Waals surface area contributed by atoms with Crippen LogP contribution in [0, 0.1) is 11.7 Å². The molecule has 0 bridgehead atoms. The zero-order valence-electron chi connectivity index (χ0n) is 10.5. The summed E-state index contributed by atoms with van der Waals surface area (Å²) < 4.78 is 19.2. The van der Waals surface area contributed by atoms with E-state index >= 15 is 0 Å². The number of benzene rings is 1. The standard InChI is InChI=1S/C14H20FNO/c1-10(16-2)12-5-6-14(13(15)9-12)17-8-7-11-3-4-11/h5-6,9-11,16H,3-4,7-8H2,1-2H3. The van der Waals surface area contributed by atoms with Gasteiger partial charge in [0, 0.05) is 6.04 Å². The Bertz CT molecular complexity index is 376. The van der Waals surface area contributed by atoms with Gasteiger partial charge in [0.2, 0.25) is 0 Å². The van der Waals surface area contributed by atoms with Crippen LogP contribution in [0.25, 0.3) is 0 Å². The molecule has 2 nitrogen and oxygen atoms in total. The van der Waals surface area contributed by atoms with Crippen molar-refractivity contribution in [2.75, 3.05) is 13.7 Å². The van der Waals surface area contributed by atoms with Gasteiger partial charge in [0.05, 0.1) is 6.61 Å². The Morgan fingerprint density at radius 3 is 2.82 bits per heavy atom. The first-order valence-electron chi connectivity index (χ1n) is 6.30. The Balaban J connectivity index is 1.92. The summed E-state index contributed by atoms with van der Waals surface area (Å²) in [4.78, 5) is 0. The number of hydrogen-bond acceptors (Lipinski definition) is 2. The van der Waals surface area contributed by atoms with E-state index in [4.69, 9.17) is 4.74 Å². The third-order valence-corrected chi connectivity index (χ3v) is 3.37. The Labute approximate surface area is 102 Å². The van der Waals surface area contributed by atoms with E-state index in [1.807, 2.05) is 20.0 Å². The lowest BCUT2D eigenvalue weighted by Gasteiger charge is -2.12. The predicted molar refractivity (Wildman–Crippen MR) is 66.7 cm³/mol. The lowest BCUT2D eigenvalue weighted by Crippen LogP contribution is -2.12. The first-order valence-corrected chi connectivity index (χ1v) is 6.30. The Morgan fingerprint density at radius 2 is 2.24 bits per heavy atom. The second kappa shape index (κ2) is 5.50. The first kappa shape index (κ1) is 12.4. The Kier molecular flexibility index (Phi) is 4.00. The van der Waals surface area contributed by atoms with E-state index in [2.05, 4.69) is 5.32 Å². The lowest BCUT2D eigenvalue weighted by molar-refractivity contribution is 0.288. The van der Waals surface area contributed by atoms with Crippen LogP contribution in [0.1, 0.15) is 37.8 Å². The Hall–Kier alpha value is -1.09. The maximum atomic E-state index is 13.7. The summed E-state index contributed by atoms with van der Waals surface area (Å²) in [5, 5.41) is 3.09. The minimum Gasteiger partial charge on any atom is -0.491 e. The van der Waals surface area contributed by atoms with Crippen LogP contribution < -0.4 is 10.1 Å². The van der Waals surface area contributed by atoms with Crippen molar-refractivity contribution in [3.8, 4) is 5.75 Å². The van der Waals surface area contributed by atoms with E-state index in [0.29, 0.717) is 12.4 Å². The molecule has 1 unspecified atom stereocenters. The highest BCUT2D eigenvalue weighted by Crippen LogP contribution is 2.32. The summed E-state index contributed by atoms with van der Waals surface area (Å²) in [6.45, 7) is 2.63. The van der Waals surface area contributed by atoms with Crippen molar-refractivity contribution in [1.82, 2.24) is 5.32 Å². The maximum absolute atomic E-state index is 13.7. The Morgan fingerprint density at radius 1 is 1.47 bits per heavy atom. The van der Waals surface area contributed by atoms with Crippen molar-refractivity contribution < 1.29 is 9.13 Å². The molecule has 1 aromatic rings. The maximum Gasteiger partial charge on any atom is 0.165 e. The smallest absolute Gasteiger partial charge is 0.165 e. The van der Waals surface area contributed by atoms with Gasteiger partial charge in [-0.1, -0.05) is 18.9 Å². The highest BCUT2D eigenvalue weighted by molar-refractivity contribution is 5.30. The van der Waals surface area contributed by atoms with E-state index in [1.165, 1.54) is 12.8 Å². The van der Waals surface area contributed by atoms with Crippen LogP contribution >= 0.6 is 0 Å². The third-order valence-electron chi connectivity index (χ3n) is 3.37. The molecular weight excluding hydrogens is 217 g/mol. The largest absolute Gasteiger partial charge is 0.491 e. The molecule has 1 N–H and O–H groups in total. The molecule has 1 saturated carbocycles. The lowest BCUT2D eigenvalue weighted by atomic mass is 10.1. The van der Waals surface area contributed by atoms with E-state index in [-0.39, 0.29) is 11.9 Å². The molecule has 2 rings (SSSR count). The average Bonchev–Trinajstić information content (AvgIpc) is 3.14. The SMILES string of the molecule is CNC(C)c1ccc(OCCC2CC2)c(F)c1. The summed E-state index contributed by atoms with van der Waals surface area (Å²) >= 11 is 0. The first-order chi connectivity index (χ1) is 8.20. The van der Waals surface area contributed by atoms with Crippen molar-refractivity contribution in [3.63, 3.8) is 0 Å². The van der Waals surface area contributed by atoms with Gasteiger partial charge in [-0.05, 0) is 44.0 Å². The number of rotatable bonds is 6. The second-order valence-corrected chi connectivity index (χ2v) is 4.78. The van der Waals surface area contributed by atoms with Crippen LogP contribution in [0.5, 0.6) is 5.75 Å². The van der Waals surface area contributed by atoms with E-state index in [1.54, 1.807) is 12.1 Å². The number of nitrogens with one attached hydrogen (secondary N) is 1. The molecule has 0 saturated heterocycles. The molecule has 17 heavy (non-hydrogen) atoms. The van der Waals surface area contributed by atoms with Gasteiger partial charge >= 0.3 is 0 Å². The van der Waals surface area contributed by atoms with Gasteiger partial charge in [0.1, 0.15) is 0 Å². The molecule has 94 valence electrons. The molecule has 1 atom stereocenters. The van der Waals surface area contributed by atoms with Gasteiger partial charge in [-0.15, -0.1) is 0 Å². The highest BCUT2D eigenvalue weighted by Gasteiger charge is 2.21. The summed E-state index contributed by atoms with van der Waals surface area (Å²) in [6, 6.07) is 5.35. The topological polar surface area (TPSA) is 21.3 Å². The van der Waals surface area contributed by atoms with E-state index < -0.39 is 0 Å². The number of ether oxygens (including phenoxy) is 1. The molecular formula is C14H20FNO. The van der Waals surface area contributed by atoms with Crippen LogP contribution in [0.4, 0.5) is 4.39 Å². The average molecular weight is 237 g/mol. The summed E-state index contributed by atoms with van der Waals surface area (Å²) in [7, 11) is 1.86. The zero-order valence-corrected chi connectivity index (χ0v) is 10.5. The summed E-state index contributed by atoms with van der Waals surface area (Å²) in [6.07, 6.45) is 3.67. The molecule has 0 heterocycles. The molecule has 0 spiro atoms. The fourth-order valence-corrected chi connectivity index (χ4v) is 1.81. The normalized spacial score (nSPS) is 16.9. The molecule has 0 radical (unpaired) electrons. The quantitative estimate of drug-likeness (QED) is 0.819. The molecule has 1 aliphatic rings. The fourth-order valence-electron chi connectivity index (χ4n) is 1.81. The van der Waals surface area contributed by atoms with Crippen molar-refractivity contribution in [2.45, 2.75) is 32.2 Å². The van der Waals surface area contributed by atoms with Gasteiger partial charge in [0.15, 0.2) is 11.6 Å². The van der Waals surface area contributed by atoms with E-state index in [0.717, 1.165) is 17.9 Å². The molecule has 0 aromatic heterocycles. The van der Waals surface area contributed by atoms with Gasteiger partial charge in [-0.2, -0.15) is 0 Å². The highest BCUT2D eigenvalue weighted by atomic mass is 19.1. The fraction of sp³-hybridized carbons (Fsp3) is 0.571. The monoisotopic (exact) mass is 237 g/mol. The number of hydrogen-bond donors (Lipinski definition) is 1. The van der Waals surface area contributed by atoms with Gasteiger partial charge in [-0.25, -0.2) is 4.39 Å². The molecule has 1 aliphatic carbocycles. The van der Waals surface area contributed by atoms with Crippen LogP contribution in [-0.4, -0.2) is 13.7 Å². The predicted octanol–water partition coefficient (Wildman–Crippen LogP) is 3.29. The van der Waals surface area contributed by atoms with Gasteiger partial charge < -0.3 is 10.1 Å². The zero-order chi connectivity index (χ0) is 12.3. The van der Waals surface area contributed by atoms with Crippen molar-refractivity contribution in [3.05, 3.63) is 29.6 Å². The summed E-state index contributed by atoms with van der Waals surface area (Å²) in [5.74, 6) is 0.930. The third kappa shape index (κ3) is 3.43. The van der Waals surface area contributed by atoms with Crippen LogP contribution in [0.3, 0.4) is 0 Å². The molecule has 0 aliphatic heterocycles. The minimum atomic E-state index is -0.264. The van der Waals surface area contributed by atoms with Crippen molar-refractivity contribution >= 4 is 0 Å². The van der Waals surface area contributed by atoms with Crippen LogP contribution in [-0.2, 0) is 0 Å². The van der Waals surface area contributed by atoms with Crippen molar-refractivity contribution in [2.24, 2.45) is 5.92 Å². The molecule has 1 fully saturated rings. The van der Waals surface area contributed by atoms with Gasteiger partial charge in [-0.3, -0.25) is 0 Å². The van der Waals surface area contributed by atoms with Crippen molar-refractivity contribution in [1.29, 1.82) is 0 Å². The van der Waals surface area contributed by atoms with Crippen LogP contribution in [0.2, 0.25) is 0 Å². The summed E-state index contributed by atoms with van der Waals surface area (Å²) in [5.41, 5.74) is 0.944. The van der Waals surface area contributed by atoms with E-state index in [9.17, 15) is 4.39 Å². The number of halogens is 1. The second-order valence-electron chi connectivity index (χ2n) is 4.78. The minimum absolute atomic E-state index is 0.157.